The van der Waals surface area contributed by atoms with Gasteiger partial charge in [0.15, 0.2) is 0 Å². The molecule has 0 fully saturated rings. The number of amides is 1. The van der Waals surface area contributed by atoms with Crippen LogP contribution in [0.2, 0.25) is 0 Å². The molecule has 0 aromatic heterocycles. The summed E-state index contributed by atoms with van der Waals surface area (Å²) in [6.07, 6.45) is 0. The van der Waals surface area contributed by atoms with Gasteiger partial charge in [0.05, 0.1) is 0 Å². The highest BCUT2D eigenvalue weighted by molar-refractivity contribution is 8.12. The third kappa shape index (κ3) is 5.97. The zero-order valence-corrected chi connectivity index (χ0v) is 14.7. The summed E-state index contributed by atoms with van der Waals surface area (Å²) in [5.74, 6) is 1.24. The van der Waals surface area contributed by atoms with Gasteiger partial charge in [-0.15, -0.1) is 0 Å². The van der Waals surface area contributed by atoms with E-state index < -0.39 is 0 Å². The maximum absolute atomic E-state index is 12.2. The summed E-state index contributed by atoms with van der Waals surface area (Å²) < 4.78 is 0. The summed E-state index contributed by atoms with van der Waals surface area (Å²) >= 11 is 1.39. The summed E-state index contributed by atoms with van der Waals surface area (Å²) in [6.45, 7) is 9.25. The second-order valence-corrected chi connectivity index (χ2v) is 5.74. The van der Waals surface area contributed by atoms with Crippen molar-refractivity contribution in [2.45, 2.75) is 39.5 Å². The molecule has 108 valence electrons. The molecule has 0 saturated carbocycles. The van der Waals surface area contributed by atoms with E-state index >= 15 is 0 Å². The normalized spacial score (nSPS) is 11.8. The van der Waals surface area contributed by atoms with Crippen LogP contribution >= 0.6 is 21.7 Å². The molecule has 0 aliphatic carbocycles. The number of thioether (sulfide) groups is 1. The summed E-state index contributed by atoms with van der Waals surface area (Å²) in [6, 6.07) is 10.4. The molecule has 1 rings (SSSR count). The minimum Gasteiger partial charge on any atom is -0.331 e. The number of rotatable bonds is 5. The second kappa shape index (κ2) is 9.39. The Balaban J connectivity index is 0.00000324. The third-order valence-corrected chi connectivity index (χ3v) is 4.20. The van der Waals surface area contributed by atoms with E-state index in [1.807, 2.05) is 30.0 Å². The molecule has 0 radical (unpaired) electrons. The number of carbonyl (C=O) groups is 1. The second-order valence-electron chi connectivity index (χ2n) is 4.81. The molecular formula is C15H26NOPS. The monoisotopic (exact) mass is 299 g/mol. The Bertz CT molecular complexity index is 370. The maximum atomic E-state index is 12.2. The molecule has 1 aromatic rings. The van der Waals surface area contributed by atoms with Gasteiger partial charge < -0.3 is 4.90 Å². The van der Waals surface area contributed by atoms with Crippen LogP contribution in [-0.4, -0.2) is 22.7 Å². The van der Waals surface area contributed by atoms with Crippen LogP contribution in [0, 0.1) is 5.92 Å². The molecule has 19 heavy (non-hydrogen) atoms. The average molecular weight is 299 g/mol. The molecule has 2 atom stereocenters. The predicted octanol–water partition coefficient (Wildman–Crippen LogP) is 4.46. The highest BCUT2D eigenvalue weighted by atomic mass is 32.2. The third-order valence-electron chi connectivity index (χ3n) is 3.24. The highest BCUT2D eigenvalue weighted by Crippen LogP contribution is 2.20. The van der Waals surface area contributed by atoms with Crippen LogP contribution in [0.15, 0.2) is 30.3 Å². The number of nitrogens with zero attached hydrogens (tertiary/aromatic N) is 1. The Kier molecular flexibility index (Phi) is 9.12. The lowest BCUT2D eigenvalue weighted by Crippen LogP contribution is -2.39. The van der Waals surface area contributed by atoms with Crippen molar-refractivity contribution < 1.29 is 4.79 Å². The summed E-state index contributed by atoms with van der Waals surface area (Å²) in [5, 5.41) is 0.183. The minimum absolute atomic E-state index is 0. The Morgan fingerprint density at radius 2 is 1.79 bits per heavy atom. The quantitative estimate of drug-likeness (QED) is 0.748. The molecule has 0 saturated heterocycles. The van der Waals surface area contributed by atoms with E-state index in [0.29, 0.717) is 12.0 Å². The lowest BCUT2D eigenvalue weighted by Gasteiger charge is -2.30. The summed E-state index contributed by atoms with van der Waals surface area (Å²) in [5.41, 5.74) is 1.20. The largest absolute Gasteiger partial charge is 0.331 e. The molecule has 0 aliphatic heterocycles. The van der Waals surface area contributed by atoms with Crippen LogP contribution in [0.5, 0.6) is 0 Å². The molecule has 0 heterocycles. The van der Waals surface area contributed by atoms with Crippen molar-refractivity contribution in [3.8, 4) is 0 Å². The van der Waals surface area contributed by atoms with E-state index in [4.69, 9.17) is 0 Å². The summed E-state index contributed by atoms with van der Waals surface area (Å²) in [4.78, 5) is 14.1. The zero-order valence-electron chi connectivity index (χ0n) is 12.4. The van der Waals surface area contributed by atoms with Gasteiger partial charge in [0, 0.05) is 18.3 Å². The lowest BCUT2D eigenvalue weighted by atomic mass is 10.1. The van der Waals surface area contributed by atoms with Crippen molar-refractivity contribution in [3.05, 3.63) is 35.9 Å². The first-order chi connectivity index (χ1) is 8.56. The molecule has 0 aliphatic rings. The van der Waals surface area contributed by atoms with Crippen molar-refractivity contribution in [1.82, 2.24) is 4.90 Å². The van der Waals surface area contributed by atoms with Crippen LogP contribution < -0.4 is 0 Å². The van der Waals surface area contributed by atoms with Crippen LogP contribution in [0.4, 0.5) is 4.79 Å². The minimum atomic E-state index is 0. The molecule has 4 heteroatoms. The Morgan fingerprint density at radius 3 is 2.26 bits per heavy atom. The van der Waals surface area contributed by atoms with Crippen LogP contribution in [0.25, 0.3) is 0 Å². The SMILES string of the molecule is CCN(C(=O)SCc1ccccc1)C(C)C(C)C.P. The molecule has 2 nitrogen and oxygen atoms in total. The van der Waals surface area contributed by atoms with Gasteiger partial charge in [0.1, 0.15) is 0 Å². The number of hydrogen-bond acceptors (Lipinski definition) is 2. The van der Waals surface area contributed by atoms with E-state index in [9.17, 15) is 4.79 Å². The van der Waals surface area contributed by atoms with E-state index in [1.165, 1.54) is 17.3 Å². The maximum Gasteiger partial charge on any atom is 0.282 e. The Morgan fingerprint density at radius 1 is 1.21 bits per heavy atom. The van der Waals surface area contributed by atoms with Gasteiger partial charge in [-0.2, -0.15) is 9.90 Å². The van der Waals surface area contributed by atoms with Gasteiger partial charge in [-0.25, -0.2) is 0 Å². The number of hydrogen-bond donors (Lipinski definition) is 0. The fourth-order valence-electron chi connectivity index (χ4n) is 1.75. The van der Waals surface area contributed by atoms with Crippen molar-refractivity contribution in [2.75, 3.05) is 6.54 Å². The first kappa shape index (κ1) is 18.5. The number of benzene rings is 1. The average Bonchev–Trinajstić information content (AvgIpc) is 2.38. The Labute approximate surface area is 125 Å². The highest BCUT2D eigenvalue weighted by Gasteiger charge is 2.21. The van der Waals surface area contributed by atoms with Crippen molar-refractivity contribution >= 4 is 26.9 Å². The smallest absolute Gasteiger partial charge is 0.282 e. The van der Waals surface area contributed by atoms with Crippen molar-refractivity contribution in [1.29, 1.82) is 0 Å². The molecule has 0 spiro atoms. The van der Waals surface area contributed by atoms with E-state index in [2.05, 4.69) is 32.9 Å². The molecule has 1 aromatic carbocycles. The van der Waals surface area contributed by atoms with Crippen LogP contribution in [0.1, 0.15) is 33.3 Å². The van der Waals surface area contributed by atoms with E-state index in [0.717, 1.165) is 12.3 Å². The Hall–Kier alpha value is -0.530. The van der Waals surface area contributed by atoms with Gasteiger partial charge in [-0.3, -0.25) is 4.79 Å². The number of carbonyl (C=O) groups excluding carboxylic acids is 1. The molecule has 2 unspecified atom stereocenters. The van der Waals surface area contributed by atoms with Gasteiger partial charge in [-0.1, -0.05) is 55.9 Å². The van der Waals surface area contributed by atoms with Gasteiger partial charge >= 0.3 is 0 Å². The fraction of sp³-hybridized carbons (Fsp3) is 0.533. The van der Waals surface area contributed by atoms with E-state index in [1.54, 1.807) is 0 Å². The first-order valence-electron chi connectivity index (χ1n) is 6.53. The molecular weight excluding hydrogens is 273 g/mol. The first-order valence-corrected chi connectivity index (χ1v) is 7.52. The van der Waals surface area contributed by atoms with Crippen LogP contribution in [0.3, 0.4) is 0 Å². The summed E-state index contributed by atoms with van der Waals surface area (Å²) in [7, 11) is 0. The van der Waals surface area contributed by atoms with Crippen molar-refractivity contribution in [2.24, 2.45) is 5.92 Å². The molecule has 0 bridgehead atoms. The molecule has 0 N–H and O–H groups in total. The predicted molar refractivity (Wildman–Crippen MR) is 90.9 cm³/mol. The van der Waals surface area contributed by atoms with Gasteiger partial charge in [-0.05, 0) is 25.3 Å². The van der Waals surface area contributed by atoms with Crippen molar-refractivity contribution in [3.63, 3.8) is 0 Å². The zero-order chi connectivity index (χ0) is 13.5. The topological polar surface area (TPSA) is 20.3 Å². The standard InChI is InChI=1S/C15H23NOS.H3P/c1-5-16(13(4)12(2)3)15(17)18-11-14-9-7-6-8-10-14;/h6-10,12-13H,5,11H2,1-4H3;1H3. The van der Waals surface area contributed by atoms with E-state index in [-0.39, 0.29) is 15.1 Å². The lowest BCUT2D eigenvalue weighted by molar-refractivity contribution is 0.190. The van der Waals surface area contributed by atoms with Gasteiger partial charge in [0.25, 0.3) is 5.24 Å². The molecule has 1 amide bonds. The van der Waals surface area contributed by atoms with Crippen LogP contribution in [-0.2, 0) is 5.75 Å². The van der Waals surface area contributed by atoms with Gasteiger partial charge in [0.2, 0.25) is 0 Å². The fourth-order valence-corrected chi connectivity index (χ4v) is 2.69.